The second-order valence-corrected chi connectivity index (χ2v) is 6.43. The van der Waals surface area contributed by atoms with E-state index in [1.54, 1.807) is 21.7 Å². The molecule has 7 heteroatoms. The van der Waals surface area contributed by atoms with E-state index < -0.39 is 11.4 Å². The number of fused-ring (bicyclic) bond motifs is 1. The second kappa shape index (κ2) is 4.82. The van der Waals surface area contributed by atoms with Gasteiger partial charge in [0.1, 0.15) is 5.41 Å². The van der Waals surface area contributed by atoms with E-state index >= 15 is 0 Å². The molecule has 0 spiro atoms. The summed E-state index contributed by atoms with van der Waals surface area (Å²) in [5.74, 6) is -0.805. The van der Waals surface area contributed by atoms with E-state index in [2.05, 4.69) is 9.88 Å². The Morgan fingerprint density at radius 1 is 1.50 bits per heavy atom. The molecule has 2 aliphatic rings. The normalized spacial score (nSPS) is 29.6. The third-order valence-corrected chi connectivity index (χ3v) is 5.06. The molecular weight excluding hydrogens is 278 g/mol. The molecule has 0 bridgehead atoms. The minimum atomic E-state index is -0.804. The molecule has 2 aliphatic heterocycles. The van der Waals surface area contributed by atoms with E-state index in [9.17, 15) is 14.7 Å². The second-order valence-electron chi connectivity index (χ2n) is 5.71. The molecule has 0 saturated carbocycles. The van der Waals surface area contributed by atoms with Gasteiger partial charge in [0, 0.05) is 50.9 Å². The number of aromatic nitrogens is 1. The molecular formula is C13H17N3O3S. The van der Waals surface area contributed by atoms with Crippen molar-refractivity contribution in [3.05, 3.63) is 16.6 Å². The van der Waals surface area contributed by atoms with Crippen molar-refractivity contribution in [2.24, 2.45) is 11.3 Å². The van der Waals surface area contributed by atoms with Gasteiger partial charge in [0.25, 0.3) is 0 Å². The molecule has 1 aromatic rings. The fourth-order valence-electron chi connectivity index (χ4n) is 3.38. The molecule has 2 saturated heterocycles. The Bertz CT molecular complexity index is 533. The van der Waals surface area contributed by atoms with Gasteiger partial charge < -0.3 is 10.0 Å². The molecule has 0 aromatic carbocycles. The maximum absolute atomic E-state index is 11.7. The molecule has 1 amide bonds. The molecule has 1 aromatic heterocycles. The summed E-state index contributed by atoms with van der Waals surface area (Å²) in [7, 11) is 0. The molecule has 108 valence electrons. The zero-order valence-corrected chi connectivity index (χ0v) is 12.1. The minimum Gasteiger partial charge on any atom is -0.481 e. The first-order chi connectivity index (χ1) is 9.51. The maximum atomic E-state index is 11.7. The Morgan fingerprint density at radius 3 is 2.85 bits per heavy atom. The van der Waals surface area contributed by atoms with Crippen LogP contribution in [0.5, 0.6) is 0 Å². The lowest BCUT2D eigenvalue weighted by atomic mass is 9.81. The van der Waals surface area contributed by atoms with Crippen molar-refractivity contribution in [1.82, 2.24) is 14.8 Å². The van der Waals surface area contributed by atoms with Crippen molar-refractivity contribution >= 4 is 23.2 Å². The highest BCUT2D eigenvalue weighted by molar-refractivity contribution is 7.07. The lowest BCUT2D eigenvalue weighted by Crippen LogP contribution is -2.41. The summed E-state index contributed by atoms with van der Waals surface area (Å²) < 4.78 is 0. The van der Waals surface area contributed by atoms with Crippen LogP contribution >= 0.6 is 11.3 Å². The summed E-state index contributed by atoms with van der Waals surface area (Å²) in [5.41, 5.74) is 1.97. The van der Waals surface area contributed by atoms with E-state index in [-0.39, 0.29) is 11.8 Å². The van der Waals surface area contributed by atoms with Crippen molar-refractivity contribution in [2.45, 2.75) is 13.5 Å². The van der Waals surface area contributed by atoms with Crippen LogP contribution in [0.2, 0.25) is 0 Å². The number of hydrogen-bond acceptors (Lipinski definition) is 5. The summed E-state index contributed by atoms with van der Waals surface area (Å²) >= 11 is 1.55. The smallest absolute Gasteiger partial charge is 0.313 e. The van der Waals surface area contributed by atoms with E-state index in [1.807, 2.05) is 5.38 Å². The zero-order valence-electron chi connectivity index (χ0n) is 11.3. The van der Waals surface area contributed by atoms with Gasteiger partial charge in [0.05, 0.1) is 11.2 Å². The van der Waals surface area contributed by atoms with Crippen LogP contribution in [0.3, 0.4) is 0 Å². The largest absolute Gasteiger partial charge is 0.481 e. The highest BCUT2D eigenvalue weighted by atomic mass is 32.1. The summed E-state index contributed by atoms with van der Waals surface area (Å²) in [4.78, 5) is 31.3. The van der Waals surface area contributed by atoms with Gasteiger partial charge >= 0.3 is 5.97 Å². The van der Waals surface area contributed by atoms with E-state index in [1.165, 1.54) is 6.92 Å². The fraction of sp³-hybridized carbons (Fsp3) is 0.615. The van der Waals surface area contributed by atoms with Gasteiger partial charge in [-0.15, -0.1) is 11.3 Å². The summed E-state index contributed by atoms with van der Waals surface area (Å²) in [6.07, 6.45) is 0. The molecule has 0 aliphatic carbocycles. The molecule has 0 radical (unpaired) electrons. The third-order valence-electron chi connectivity index (χ3n) is 4.42. The number of nitrogens with zero attached hydrogens (tertiary/aromatic N) is 3. The van der Waals surface area contributed by atoms with Crippen LogP contribution in [0.1, 0.15) is 12.6 Å². The van der Waals surface area contributed by atoms with Crippen LogP contribution < -0.4 is 0 Å². The Kier molecular flexibility index (Phi) is 3.25. The van der Waals surface area contributed by atoms with Crippen molar-refractivity contribution < 1.29 is 14.7 Å². The highest BCUT2D eigenvalue weighted by Gasteiger charge is 2.58. The minimum absolute atomic E-state index is 0.0162. The Balaban J connectivity index is 1.76. The number of amides is 1. The van der Waals surface area contributed by atoms with Crippen LogP contribution in [0.25, 0.3) is 0 Å². The first-order valence-electron chi connectivity index (χ1n) is 6.59. The molecule has 2 atom stereocenters. The zero-order chi connectivity index (χ0) is 14.3. The van der Waals surface area contributed by atoms with Crippen molar-refractivity contribution in [1.29, 1.82) is 0 Å². The van der Waals surface area contributed by atoms with Gasteiger partial charge in [-0.1, -0.05) is 0 Å². The topological polar surface area (TPSA) is 73.7 Å². The Hall–Kier alpha value is -1.47. The summed E-state index contributed by atoms with van der Waals surface area (Å²) in [6.45, 7) is 4.28. The molecule has 0 unspecified atom stereocenters. The predicted molar refractivity (Wildman–Crippen MR) is 73.2 cm³/mol. The van der Waals surface area contributed by atoms with Gasteiger partial charge in [0.2, 0.25) is 5.91 Å². The number of carboxylic acid groups (broad SMARTS) is 1. The van der Waals surface area contributed by atoms with E-state index in [4.69, 9.17) is 0 Å². The highest BCUT2D eigenvalue weighted by Crippen LogP contribution is 2.43. The SMILES string of the molecule is CC(=O)N1C[C@@H]2CN(Cc3cscn3)C[C@]2(C(=O)O)C1. The van der Waals surface area contributed by atoms with Gasteiger partial charge in [-0.3, -0.25) is 14.5 Å². The van der Waals surface area contributed by atoms with Crippen molar-refractivity contribution in [3.63, 3.8) is 0 Å². The van der Waals surface area contributed by atoms with Crippen LogP contribution in [-0.2, 0) is 16.1 Å². The molecule has 2 fully saturated rings. The number of likely N-dealkylation sites (tertiary alicyclic amines) is 2. The molecule has 3 heterocycles. The van der Waals surface area contributed by atoms with Crippen LogP contribution in [0, 0.1) is 11.3 Å². The Morgan fingerprint density at radius 2 is 2.30 bits per heavy atom. The number of carboxylic acids is 1. The van der Waals surface area contributed by atoms with Crippen LogP contribution in [-0.4, -0.2) is 57.9 Å². The monoisotopic (exact) mass is 295 g/mol. The van der Waals surface area contributed by atoms with Crippen LogP contribution in [0.15, 0.2) is 10.9 Å². The number of thiazole rings is 1. The summed E-state index contributed by atoms with van der Waals surface area (Å²) in [6, 6.07) is 0. The molecule has 1 N–H and O–H groups in total. The number of aliphatic carboxylic acids is 1. The van der Waals surface area contributed by atoms with Gasteiger partial charge in [-0.05, 0) is 0 Å². The van der Waals surface area contributed by atoms with Crippen molar-refractivity contribution in [2.75, 3.05) is 26.2 Å². The number of hydrogen-bond donors (Lipinski definition) is 1. The lowest BCUT2D eigenvalue weighted by molar-refractivity contribution is -0.149. The van der Waals surface area contributed by atoms with Gasteiger partial charge in [-0.25, -0.2) is 4.98 Å². The first kappa shape index (κ1) is 13.5. The third kappa shape index (κ3) is 2.10. The quantitative estimate of drug-likeness (QED) is 0.879. The average molecular weight is 295 g/mol. The van der Waals surface area contributed by atoms with E-state index in [0.717, 1.165) is 5.69 Å². The molecule has 3 rings (SSSR count). The Labute approximate surface area is 121 Å². The number of carbonyl (C=O) groups excluding carboxylic acids is 1. The number of rotatable bonds is 3. The lowest BCUT2D eigenvalue weighted by Gasteiger charge is -2.24. The molecule has 6 nitrogen and oxygen atoms in total. The fourth-order valence-corrected chi connectivity index (χ4v) is 3.93. The predicted octanol–water partition coefficient (Wildman–Crippen LogP) is 0.508. The molecule has 20 heavy (non-hydrogen) atoms. The van der Waals surface area contributed by atoms with Gasteiger partial charge in [-0.2, -0.15) is 0 Å². The standard InChI is InChI=1S/C13H17N3O3S/c1-9(17)16-3-10-2-15(4-11-5-20-8-14-11)6-13(10,7-16)12(18)19/h5,8,10H,2-4,6-7H2,1H3,(H,18,19)/t10-,13-/m0/s1. The average Bonchev–Trinajstić information content (AvgIpc) is 3.02. The first-order valence-corrected chi connectivity index (χ1v) is 7.54. The van der Waals surface area contributed by atoms with Gasteiger partial charge in [0.15, 0.2) is 0 Å². The van der Waals surface area contributed by atoms with E-state index in [0.29, 0.717) is 32.7 Å². The summed E-state index contributed by atoms with van der Waals surface area (Å²) in [5, 5.41) is 11.6. The van der Waals surface area contributed by atoms with Crippen molar-refractivity contribution in [3.8, 4) is 0 Å². The van der Waals surface area contributed by atoms with Crippen LogP contribution in [0.4, 0.5) is 0 Å². The maximum Gasteiger partial charge on any atom is 0.313 e. The number of carbonyl (C=O) groups is 2.